The van der Waals surface area contributed by atoms with Crippen LogP contribution in [0.3, 0.4) is 0 Å². The summed E-state index contributed by atoms with van der Waals surface area (Å²) in [6, 6.07) is 13.2. The van der Waals surface area contributed by atoms with E-state index in [9.17, 15) is 9.59 Å². The van der Waals surface area contributed by atoms with Gasteiger partial charge in [-0.1, -0.05) is 38.1 Å². The van der Waals surface area contributed by atoms with Crippen LogP contribution in [0.2, 0.25) is 0 Å². The first kappa shape index (κ1) is 20.7. The summed E-state index contributed by atoms with van der Waals surface area (Å²) in [5, 5.41) is 2.70. The standard InChI is InChI=1S/C23H27NO5/c1-15(2)16-8-10-18(11-9-16)24-20(25)13-28-21(26)14-27-19-7-5-6-17-12-23(3,4)29-22(17)19/h5-11,15H,12-14H2,1-4H3,(H,24,25). The van der Waals surface area contributed by atoms with Gasteiger partial charge in [-0.15, -0.1) is 0 Å². The molecule has 0 bridgehead atoms. The number of ether oxygens (including phenoxy) is 3. The van der Waals surface area contributed by atoms with E-state index in [0.29, 0.717) is 23.1 Å². The topological polar surface area (TPSA) is 73.9 Å². The smallest absolute Gasteiger partial charge is 0.344 e. The zero-order valence-electron chi connectivity index (χ0n) is 17.3. The summed E-state index contributed by atoms with van der Waals surface area (Å²) in [5.74, 6) is 0.558. The average Bonchev–Trinajstić information content (AvgIpc) is 2.99. The van der Waals surface area contributed by atoms with E-state index >= 15 is 0 Å². The van der Waals surface area contributed by atoms with Crippen molar-refractivity contribution in [1.82, 2.24) is 0 Å². The molecule has 0 spiro atoms. The van der Waals surface area contributed by atoms with Gasteiger partial charge in [0.15, 0.2) is 24.7 Å². The molecule has 0 saturated carbocycles. The number of fused-ring (bicyclic) bond motifs is 1. The van der Waals surface area contributed by atoms with Gasteiger partial charge in [0.2, 0.25) is 0 Å². The van der Waals surface area contributed by atoms with E-state index in [-0.39, 0.29) is 18.8 Å². The lowest BCUT2D eigenvalue weighted by Gasteiger charge is -2.18. The average molecular weight is 397 g/mol. The van der Waals surface area contributed by atoms with Gasteiger partial charge < -0.3 is 19.5 Å². The van der Waals surface area contributed by atoms with Crippen molar-refractivity contribution in [3.05, 3.63) is 53.6 Å². The molecule has 1 aliphatic rings. The van der Waals surface area contributed by atoms with Gasteiger partial charge in [-0.3, -0.25) is 4.79 Å². The maximum absolute atomic E-state index is 12.0. The highest BCUT2D eigenvalue weighted by Gasteiger charge is 2.32. The number of rotatable bonds is 7. The van der Waals surface area contributed by atoms with Crippen LogP contribution in [0.4, 0.5) is 5.69 Å². The Morgan fingerprint density at radius 3 is 2.52 bits per heavy atom. The van der Waals surface area contributed by atoms with Crippen LogP contribution in [0, 0.1) is 0 Å². The Morgan fingerprint density at radius 2 is 1.83 bits per heavy atom. The quantitative estimate of drug-likeness (QED) is 0.713. The number of benzene rings is 2. The second-order valence-corrected chi connectivity index (χ2v) is 8.06. The molecule has 2 aromatic carbocycles. The van der Waals surface area contributed by atoms with E-state index in [2.05, 4.69) is 19.2 Å². The second-order valence-electron chi connectivity index (χ2n) is 8.06. The zero-order chi connectivity index (χ0) is 21.0. The summed E-state index contributed by atoms with van der Waals surface area (Å²) < 4.78 is 16.5. The monoisotopic (exact) mass is 397 g/mol. The summed E-state index contributed by atoms with van der Waals surface area (Å²) in [4.78, 5) is 23.9. The lowest BCUT2D eigenvalue weighted by atomic mass is 10.0. The molecule has 1 aliphatic heterocycles. The van der Waals surface area contributed by atoms with Gasteiger partial charge in [-0.05, 0) is 43.5 Å². The Morgan fingerprint density at radius 1 is 1.10 bits per heavy atom. The predicted molar refractivity (Wildman–Crippen MR) is 110 cm³/mol. The van der Waals surface area contributed by atoms with Crippen molar-refractivity contribution < 1.29 is 23.8 Å². The van der Waals surface area contributed by atoms with Crippen molar-refractivity contribution in [3.63, 3.8) is 0 Å². The highest BCUT2D eigenvalue weighted by atomic mass is 16.6. The first-order chi connectivity index (χ1) is 13.7. The van der Waals surface area contributed by atoms with Crippen LogP contribution < -0.4 is 14.8 Å². The molecule has 6 heteroatoms. The van der Waals surface area contributed by atoms with E-state index < -0.39 is 11.9 Å². The van der Waals surface area contributed by atoms with Gasteiger partial charge in [0.25, 0.3) is 5.91 Å². The molecule has 0 radical (unpaired) electrons. The second kappa shape index (κ2) is 8.55. The molecule has 29 heavy (non-hydrogen) atoms. The number of carbonyl (C=O) groups is 2. The molecule has 6 nitrogen and oxygen atoms in total. The van der Waals surface area contributed by atoms with Crippen molar-refractivity contribution in [2.24, 2.45) is 0 Å². The fraction of sp³-hybridized carbons (Fsp3) is 0.391. The minimum absolute atomic E-state index is 0.295. The SMILES string of the molecule is CC(C)c1ccc(NC(=O)COC(=O)COc2cccc3c2OC(C)(C)C3)cc1. The van der Waals surface area contributed by atoms with Crippen molar-refractivity contribution in [1.29, 1.82) is 0 Å². The number of nitrogens with one attached hydrogen (secondary N) is 1. The molecule has 0 fully saturated rings. The number of anilines is 1. The normalized spacial score (nSPS) is 14.1. The van der Waals surface area contributed by atoms with Gasteiger partial charge in [0.05, 0.1) is 0 Å². The summed E-state index contributed by atoms with van der Waals surface area (Å²) in [6.45, 7) is 7.54. The molecule has 154 valence electrons. The minimum Gasteiger partial charge on any atom is -0.483 e. The van der Waals surface area contributed by atoms with Gasteiger partial charge in [-0.2, -0.15) is 0 Å². The highest BCUT2D eigenvalue weighted by Crippen LogP contribution is 2.41. The van der Waals surface area contributed by atoms with E-state index in [0.717, 1.165) is 12.0 Å². The lowest BCUT2D eigenvalue weighted by molar-refractivity contribution is -0.149. The summed E-state index contributed by atoms with van der Waals surface area (Å²) in [7, 11) is 0. The number of esters is 1. The fourth-order valence-corrected chi connectivity index (χ4v) is 3.17. The molecule has 1 heterocycles. The molecule has 1 N–H and O–H groups in total. The van der Waals surface area contributed by atoms with Crippen LogP contribution in [0.5, 0.6) is 11.5 Å². The Labute approximate surface area is 171 Å². The van der Waals surface area contributed by atoms with Gasteiger partial charge in [0, 0.05) is 17.7 Å². The minimum atomic E-state index is -0.620. The van der Waals surface area contributed by atoms with Crippen LogP contribution in [-0.2, 0) is 20.7 Å². The number of amides is 1. The Bertz CT molecular complexity index is 887. The van der Waals surface area contributed by atoms with E-state index in [4.69, 9.17) is 14.2 Å². The molecule has 1 amide bonds. The number of hydrogen-bond donors (Lipinski definition) is 1. The first-order valence-corrected chi connectivity index (χ1v) is 9.73. The van der Waals surface area contributed by atoms with Crippen LogP contribution in [0.1, 0.15) is 44.7 Å². The number of para-hydroxylation sites is 1. The van der Waals surface area contributed by atoms with Crippen molar-refractivity contribution >= 4 is 17.6 Å². The zero-order valence-corrected chi connectivity index (χ0v) is 17.3. The predicted octanol–water partition coefficient (Wildman–Crippen LogP) is 4.08. The maximum atomic E-state index is 12.0. The number of carbonyl (C=O) groups excluding carboxylic acids is 2. The third-order valence-electron chi connectivity index (χ3n) is 4.63. The summed E-state index contributed by atoms with van der Waals surface area (Å²) in [5.41, 5.74) is 2.59. The molecule has 3 rings (SSSR count). The van der Waals surface area contributed by atoms with Gasteiger partial charge in [0.1, 0.15) is 5.60 Å². The maximum Gasteiger partial charge on any atom is 0.344 e. The van der Waals surface area contributed by atoms with Crippen LogP contribution in [0.15, 0.2) is 42.5 Å². The fourth-order valence-electron chi connectivity index (χ4n) is 3.17. The molecule has 2 aromatic rings. The molecule has 0 saturated heterocycles. The molecule has 0 aromatic heterocycles. The van der Waals surface area contributed by atoms with Gasteiger partial charge >= 0.3 is 5.97 Å². The largest absolute Gasteiger partial charge is 0.483 e. The third kappa shape index (κ3) is 5.50. The van der Waals surface area contributed by atoms with E-state index in [1.54, 1.807) is 6.07 Å². The van der Waals surface area contributed by atoms with Crippen molar-refractivity contribution in [2.75, 3.05) is 18.5 Å². The summed E-state index contributed by atoms with van der Waals surface area (Å²) in [6.07, 6.45) is 0.780. The molecule has 0 unspecified atom stereocenters. The third-order valence-corrected chi connectivity index (χ3v) is 4.63. The molecule has 0 atom stereocenters. The van der Waals surface area contributed by atoms with E-state index in [1.165, 1.54) is 5.56 Å². The Hall–Kier alpha value is -3.02. The Balaban J connectivity index is 1.45. The van der Waals surface area contributed by atoms with Crippen molar-refractivity contribution in [2.45, 2.75) is 45.6 Å². The molecular weight excluding hydrogens is 370 g/mol. The van der Waals surface area contributed by atoms with Crippen LogP contribution >= 0.6 is 0 Å². The van der Waals surface area contributed by atoms with Gasteiger partial charge in [-0.25, -0.2) is 4.79 Å². The lowest BCUT2D eigenvalue weighted by Crippen LogP contribution is -2.25. The van der Waals surface area contributed by atoms with Crippen molar-refractivity contribution in [3.8, 4) is 11.5 Å². The first-order valence-electron chi connectivity index (χ1n) is 9.73. The summed E-state index contributed by atoms with van der Waals surface area (Å²) >= 11 is 0. The van der Waals surface area contributed by atoms with E-state index in [1.807, 2.05) is 50.2 Å². The Kier molecular flexibility index (Phi) is 6.11. The molecular formula is C23H27NO5. The van der Waals surface area contributed by atoms with Crippen LogP contribution in [0.25, 0.3) is 0 Å². The number of hydrogen-bond acceptors (Lipinski definition) is 5. The highest BCUT2D eigenvalue weighted by molar-refractivity contribution is 5.92. The van der Waals surface area contributed by atoms with Crippen LogP contribution in [-0.4, -0.2) is 30.7 Å². The molecule has 0 aliphatic carbocycles.